The second-order valence-electron chi connectivity index (χ2n) is 2.50. The summed E-state index contributed by atoms with van der Waals surface area (Å²) in [5, 5.41) is 3.23. The van der Waals surface area contributed by atoms with E-state index in [-0.39, 0.29) is 0 Å². The lowest BCUT2D eigenvalue weighted by atomic mass is 10.3. The van der Waals surface area contributed by atoms with Gasteiger partial charge in [-0.2, -0.15) is 0 Å². The Morgan fingerprint density at radius 1 is 1.27 bits per heavy atom. The third-order valence-corrected chi connectivity index (χ3v) is 2.43. The zero-order chi connectivity index (χ0) is 7.84. The topological polar surface area (TPSA) is 25.8 Å². The first-order chi connectivity index (χ1) is 5.27. The van der Waals surface area contributed by atoms with Gasteiger partial charge < -0.3 is 0 Å². The molecule has 0 unspecified atom stereocenters. The van der Waals surface area contributed by atoms with Crippen molar-refractivity contribution < 1.29 is 0 Å². The van der Waals surface area contributed by atoms with Gasteiger partial charge in [0, 0.05) is 11.1 Å². The van der Waals surface area contributed by atoms with Crippen LogP contribution in [-0.2, 0) is 0 Å². The largest absolute Gasteiger partial charge is 0.238 e. The highest BCUT2D eigenvalue weighted by Crippen LogP contribution is 2.20. The van der Waals surface area contributed by atoms with E-state index in [4.69, 9.17) is 0 Å². The minimum Gasteiger partial charge on any atom is -0.238 e. The molecule has 0 radical (unpaired) electrons. The van der Waals surface area contributed by atoms with Crippen molar-refractivity contribution >= 4 is 21.6 Å². The number of nitrogens with zero attached hydrogens (tertiary/aromatic N) is 2. The summed E-state index contributed by atoms with van der Waals surface area (Å²) < 4.78 is 0. The Morgan fingerprint density at radius 2 is 2.09 bits per heavy atom. The molecule has 0 fully saturated rings. The predicted octanol–water partition coefficient (Wildman–Crippen LogP) is 2.31. The summed E-state index contributed by atoms with van der Waals surface area (Å²) >= 11 is 1.66. The Morgan fingerprint density at radius 3 is 2.91 bits per heavy atom. The van der Waals surface area contributed by atoms with E-state index in [0.717, 1.165) is 16.3 Å². The van der Waals surface area contributed by atoms with Crippen LogP contribution in [0.3, 0.4) is 0 Å². The van der Waals surface area contributed by atoms with Gasteiger partial charge in [0.2, 0.25) is 0 Å². The van der Waals surface area contributed by atoms with Crippen molar-refractivity contribution in [3.63, 3.8) is 0 Å². The lowest BCUT2D eigenvalue weighted by molar-refractivity contribution is 1.06. The molecule has 0 aromatic carbocycles. The zero-order valence-corrected chi connectivity index (χ0v) is 7.27. The maximum Gasteiger partial charge on any atom is 0.127 e. The average Bonchev–Trinajstić information content (AvgIpc) is 2.34. The minimum absolute atomic E-state index is 0.859. The zero-order valence-electron chi connectivity index (χ0n) is 6.46. The van der Waals surface area contributed by atoms with Crippen molar-refractivity contribution in [1.29, 1.82) is 0 Å². The van der Waals surface area contributed by atoms with E-state index in [9.17, 15) is 0 Å². The molecule has 0 saturated carbocycles. The number of thiophene rings is 1. The molecule has 0 bridgehead atoms. The lowest BCUT2D eigenvalue weighted by Gasteiger charge is -1.95. The fraction of sp³-hybridized carbons (Fsp3) is 0.250. The van der Waals surface area contributed by atoms with Crippen LogP contribution in [0.1, 0.15) is 11.5 Å². The van der Waals surface area contributed by atoms with Gasteiger partial charge >= 0.3 is 0 Å². The number of rotatable bonds is 0. The molecule has 2 nitrogen and oxygen atoms in total. The van der Waals surface area contributed by atoms with Crippen LogP contribution in [-0.4, -0.2) is 9.97 Å². The highest BCUT2D eigenvalue weighted by Gasteiger charge is 2.00. The fourth-order valence-corrected chi connectivity index (χ4v) is 2.00. The SMILES string of the molecule is Cc1nc(C)c2ccsc2n1. The molecule has 0 amide bonds. The second kappa shape index (κ2) is 2.27. The van der Waals surface area contributed by atoms with Crippen LogP contribution in [0.5, 0.6) is 0 Å². The maximum absolute atomic E-state index is 4.30. The van der Waals surface area contributed by atoms with Crippen molar-refractivity contribution in [2.24, 2.45) is 0 Å². The Bertz CT molecular complexity index is 392. The molecule has 0 aliphatic heterocycles. The molecular formula is C8H8N2S. The van der Waals surface area contributed by atoms with E-state index < -0.39 is 0 Å². The van der Waals surface area contributed by atoms with Gasteiger partial charge in [0.15, 0.2) is 0 Å². The Kier molecular flexibility index (Phi) is 1.39. The average molecular weight is 164 g/mol. The van der Waals surface area contributed by atoms with Crippen LogP contribution in [0, 0.1) is 13.8 Å². The molecule has 0 N–H and O–H groups in total. The highest BCUT2D eigenvalue weighted by atomic mass is 32.1. The van der Waals surface area contributed by atoms with Crippen molar-refractivity contribution in [3.8, 4) is 0 Å². The molecular weight excluding hydrogens is 156 g/mol. The molecule has 11 heavy (non-hydrogen) atoms. The molecule has 2 aromatic rings. The third-order valence-electron chi connectivity index (χ3n) is 1.63. The first-order valence-corrected chi connectivity index (χ1v) is 4.34. The van der Waals surface area contributed by atoms with Crippen molar-refractivity contribution in [3.05, 3.63) is 23.0 Å². The standard InChI is InChI=1S/C8H8N2S/c1-5-7-3-4-11-8(7)10-6(2)9-5/h3-4H,1-2H3. The fourth-order valence-electron chi connectivity index (χ4n) is 1.14. The third kappa shape index (κ3) is 1.01. The first-order valence-electron chi connectivity index (χ1n) is 3.46. The van der Waals surface area contributed by atoms with E-state index in [1.165, 1.54) is 5.39 Å². The smallest absolute Gasteiger partial charge is 0.127 e. The van der Waals surface area contributed by atoms with E-state index in [0.29, 0.717) is 0 Å². The molecule has 0 saturated heterocycles. The van der Waals surface area contributed by atoms with Crippen LogP contribution in [0.4, 0.5) is 0 Å². The molecule has 3 heteroatoms. The lowest BCUT2D eigenvalue weighted by Crippen LogP contribution is -1.89. The van der Waals surface area contributed by atoms with Crippen LogP contribution in [0.2, 0.25) is 0 Å². The first kappa shape index (κ1) is 6.73. The number of aryl methyl sites for hydroxylation is 2. The van der Waals surface area contributed by atoms with Crippen LogP contribution in [0.25, 0.3) is 10.2 Å². The maximum atomic E-state index is 4.30. The van der Waals surface area contributed by atoms with Gasteiger partial charge in [0.05, 0.1) is 0 Å². The van der Waals surface area contributed by atoms with E-state index in [2.05, 4.69) is 16.0 Å². The number of aromatic nitrogens is 2. The van der Waals surface area contributed by atoms with Gasteiger partial charge in [-0.3, -0.25) is 0 Å². The molecule has 56 valence electrons. The van der Waals surface area contributed by atoms with E-state index in [1.807, 2.05) is 19.2 Å². The normalized spacial score (nSPS) is 10.7. The van der Waals surface area contributed by atoms with Crippen LogP contribution >= 0.6 is 11.3 Å². The number of fused-ring (bicyclic) bond motifs is 1. The van der Waals surface area contributed by atoms with Gasteiger partial charge in [-0.15, -0.1) is 11.3 Å². The molecule has 0 aliphatic carbocycles. The Labute approximate surface area is 68.9 Å². The van der Waals surface area contributed by atoms with Crippen molar-refractivity contribution in [2.45, 2.75) is 13.8 Å². The monoisotopic (exact) mass is 164 g/mol. The van der Waals surface area contributed by atoms with Crippen LogP contribution in [0.15, 0.2) is 11.4 Å². The van der Waals surface area contributed by atoms with Gasteiger partial charge in [-0.25, -0.2) is 9.97 Å². The Balaban J connectivity index is 2.91. The van der Waals surface area contributed by atoms with Gasteiger partial charge in [0.25, 0.3) is 0 Å². The van der Waals surface area contributed by atoms with Gasteiger partial charge in [-0.05, 0) is 25.3 Å². The summed E-state index contributed by atoms with van der Waals surface area (Å²) in [7, 11) is 0. The van der Waals surface area contributed by atoms with Gasteiger partial charge in [-0.1, -0.05) is 0 Å². The molecule has 0 aliphatic rings. The number of hydrogen-bond donors (Lipinski definition) is 0. The molecule has 2 heterocycles. The van der Waals surface area contributed by atoms with E-state index in [1.54, 1.807) is 11.3 Å². The van der Waals surface area contributed by atoms with Crippen molar-refractivity contribution in [1.82, 2.24) is 9.97 Å². The highest BCUT2D eigenvalue weighted by molar-refractivity contribution is 7.16. The summed E-state index contributed by atoms with van der Waals surface area (Å²) in [6.45, 7) is 3.94. The van der Waals surface area contributed by atoms with Crippen molar-refractivity contribution in [2.75, 3.05) is 0 Å². The quantitative estimate of drug-likeness (QED) is 0.597. The summed E-state index contributed by atoms with van der Waals surface area (Å²) in [5.41, 5.74) is 1.08. The number of hydrogen-bond acceptors (Lipinski definition) is 3. The summed E-state index contributed by atoms with van der Waals surface area (Å²) in [4.78, 5) is 9.67. The molecule has 0 spiro atoms. The predicted molar refractivity (Wildman–Crippen MR) is 46.9 cm³/mol. The minimum atomic E-state index is 0.859. The summed E-state index contributed by atoms with van der Waals surface area (Å²) in [5.74, 6) is 0.859. The summed E-state index contributed by atoms with van der Waals surface area (Å²) in [6.07, 6.45) is 0. The Hall–Kier alpha value is -0.960. The van der Waals surface area contributed by atoms with Gasteiger partial charge in [0.1, 0.15) is 10.7 Å². The van der Waals surface area contributed by atoms with E-state index >= 15 is 0 Å². The second-order valence-corrected chi connectivity index (χ2v) is 3.39. The molecule has 0 atom stereocenters. The molecule has 2 aromatic heterocycles. The summed E-state index contributed by atoms with van der Waals surface area (Å²) in [6, 6.07) is 2.06. The molecule has 2 rings (SSSR count). The van der Waals surface area contributed by atoms with Crippen LogP contribution < -0.4 is 0 Å².